The summed E-state index contributed by atoms with van der Waals surface area (Å²) in [6, 6.07) is 0. The van der Waals surface area contributed by atoms with Gasteiger partial charge in [0.15, 0.2) is 0 Å². The van der Waals surface area contributed by atoms with E-state index in [4.69, 9.17) is 19.2 Å². The second-order valence-corrected chi connectivity index (χ2v) is 3.66. The molecule has 0 bridgehead atoms. The van der Waals surface area contributed by atoms with Crippen molar-refractivity contribution in [1.82, 2.24) is 0 Å². The van der Waals surface area contributed by atoms with Gasteiger partial charge in [0.05, 0.1) is 0 Å². The third kappa shape index (κ3) is 264. The molecule has 0 aromatic rings. The Morgan fingerprint density at radius 3 is 1.25 bits per heavy atom. The van der Waals surface area contributed by atoms with Crippen molar-refractivity contribution in [3.05, 3.63) is 0 Å². The quantitative estimate of drug-likeness (QED) is 0.447. The van der Waals surface area contributed by atoms with Gasteiger partial charge in [-0.15, -0.1) is 18.5 Å². The smallest absolute Gasteiger partial charge is 0.303 e. The summed E-state index contributed by atoms with van der Waals surface area (Å²) in [6.45, 7) is 0. The number of hydrogen-bond acceptors (Lipinski definition) is 1. The average Bonchev–Trinajstić information content (AvgIpc) is 1.27. The van der Waals surface area contributed by atoms with Crippen molar-refractivity contribution in [1.29, 1.82) is 0 Å². The van der Waals surface area contributed by atoms with Crippen molar-refractivity contribution in [2.24, 2.45) is 0 Å². The number of phosphoric acid groups is 1. The molecule has 0 saturated carbocycles. The molecule has 52 valence electrons. The molecule has 0 amide bonds. The lowest BCUT2D eigenvalue weighted by molar-refractivity contribution is 0.275. The molecule has 7 heteroatoms. The maximum atomic E-state index is 8.88. The Morgan fingerprint density at radius 2 is 1.25 bits per heavy atom. The van der Waals surface area contributed by atoms with Gasteiger partial charge in [-0.25, -0.2) is 4.57 Å². The Hall–Kier alpha value is 0.970. The molecule has 0 aromatic carbocycles. The molecule has 0 aliphatic rings. The van der Waals surface area contributed by atoms with Crippen LogP contribution in [0.1, 0.15) is 0 Å². The van der Waals surface area contributed by atoms with Crippen LogP contribution in [0, 0.1) is 0 Å². The van der Waals surface area contributed by atoms with Crippen LogP contribution in [0.5, 0.6) is 0 Å². The van der Waals surface area contributed by atoms with E-state index in [2.05, 4.69) is 18.5 Å². The maximum absolute atomic E-state index is 8.88. The average molecular weight is 178 g/mol. The molecule has 0 fully saturated rings. The van der Waals surface area contributed by atoms with E-state index < -0.39 is 7.82 Å². The molecule has 0 rings (SSSR count). The van der Waals surface area contributed by atoms with Crippen molar-refractivity contribution in [3.8, 4) is 0 Å². The van der Waals surface area contributed by atoms with Crippen molar-refractivity contribution in [2.45, 2.75) is 0 Å². The summed E-state index contributed by atoms with van der Waals surface area (Å²) in [7, 11) is 0.444. The zero-order valence-electron chi connectivity index (χ0n) is 4.06. The highest BCUT2D eigenvalue weighted by atomic mass is 31.2. The van der Waals surface area contributed by atoms with Crippen LogP contribution in [0.15, 0.2) is 0 Å². The van der Waals surface area contributed by atoms with Gasteiger partial charge in [0.1, 0.15) is 0 Å². The van der Waals surface area contributed by atoms with Crippen molar-refractivity contribution >= 4 is 26.3 Å². The highest BCUT2D eigenvalue weighted by Crippen LogP contribution is 2.25. The Bertz CT molecular complexity index is 67.1. The number of hydrogen-bond donors (Lipinski definition) is 3. The van der Waals surface area contributed by atoms with Crippen LogP contribution in [0.2, 0.25) is 0 Å². The fourth-order valence-corrected chi connectivity index (χ4v) is 0. The van der Waals surface area contributed by atoms with Crippen molar-refractivity contribution in [3.63, 3.8) is 0 Å². The van der Waals surface area contributed by atoms with Gasteiger partial charge < -0.3 is 14.7 Å². The SMILES string of the molecule is O=P(O)(O)O.PCP. The second kappa shape index (κ2) is 6.10. The lowest BCUT2D eigenvalue weighted by Crippen LogP contribution is -1.66. The standard InChI is InChI=1S/CH6P2.H3O4P/c2-1-3;1-5(2,3)4/h1-3H2;(H3,1,2,3,4). The first kappa shape index (κ1) is 11.7. The summed E-state index contributed by atoms with van der Waals surface area (Å²) >= 11 is 0. The largest absolute Gasteiger partial charge is 0.466 e. The predicted molar refractivity (Wildman–Crippen MR) is 38.5 cm³/mol. The minimum atomic E-state index is -4.64. The van der Waals surface area contributed by atoms with Gasteiger partial charge in [0, 0.05) is 0 Å². The van der Waals surface area contributed by atoms with Crippen LogP contribution >= 0.6 is 26.3 Å². The van der Waals surface area contributed by atoms with Gasteiger partial charge in [-0.05, 0) is 5.90 Å². The van der Waals surface area contributed by atoms with Crippen LogP contribution in [0.25, 0.3) is 0 Å². The third-order valence-corrected chi connectivity index (χ3v) is 0. The van der Waals surface area contributed by atoms with Crippen molar-refractivity contribution < 1.29 is 19.2 Å². The number of rotatable bonds is 0. The molecule has 0 spiro atoms. The van der Waals surface area contributed by atoms with Crippen LogP contribution < -0.4 is 0 Å². The summed E-state index contributed by atoms with van der Waals surface area (Å²) in [5, 5.41) is 0. The van der Waals surface area contributed by atoms with E-state index in [1.165, 1.54) is 0 Å². The van der Waals surface area contributed by atoms with E-state index >= 15 is 0 Å². The predicted octanol–water partition coefficient (Wildman–Crippen LogP) is -0.235. The normalized spacial score (nSPS) is 9.62. The molecule has 8 heavy (non-hydrogen) atoms. The minimum Gasteiger partial charge on any atom is -0.303 e. The molecule has 0 aromatic heterocycles. The van der Waals surface area contributed by atoms with Gasteiger partial charge in [-0.3, -0.25) is 0 Å². The van der Waals surface area contributed by atoms with Gasteiger partial charge >= 0.3 is 7.82 Å². The monoisotopic (exact) mass is 178 g/mol. The highest BCUT2D eigenvalue weighted by molar-refractivity contribution is 7.45. The van der Waals surface area contributed by atoms with Crippen LogP contribution in [-0.2, 0) is 4.57 Å². The zero-order valence-corrected chi connectivity index (χ0v) is 7.26. The lowest BCUT2D eigenvalue weighted by Gasteiger charge is -1.82. The molecule has 0 aliphatic heterocycles. The lowest BCUT2D eigenvalue weighted by atomic mass is 11.9. The Balaban J connectivity index is 0. The topological polar surface area (TPSA) is 77.8 Å². The molecule has 2 atom stereocenters. The molecule has 0 saturated heterocycles. The van der Waals surface area contributed by atoms with E-state index in [-0.39, 0.29) is 0 Å². The van der Waals surface area contributed by atoms with Crippen LogP contribution in [0.3, 0.4) is 0 Å². The fraction of sp³-hybridized carbons (Fsp3) is 1.00. The van der Waals surface area contributed by atoms with E-state index in [9.17, 15) is 0 Å². The molecular formula is CH9O4P3. The molecule has 3 N–H and O–H groups in total. The molecule has 0 heterocycles. The van der Waals surface area contributed by atoms with E-state index in [1.807, 2.05) is 0 Å². The Labute approximate surface area is 52.3 Å². The minimum absolute atomic E-state index is 1.08. The maximum Gasteiger partial charge on any atom is 0.466 e. The molecular weight excluding hydrogens is 169 g/mol. The summed E-state index contributed by atoms with van der Waals surface area (Å²) in [5.41, 5.74) is 0. The summed E-state index contributed by atoms with van der Waals surface area (Å²) < 4.78 is 8.88. The molecule has 2 unspecified atom stereocenters. The first-order valence-electron chi connectivity index (χ1n) is 1.60. The van der Waals surface area contributed by atoms with E-state index in [0.29, 0.717) is 0 Å². The van der Waals surface area contributed by atoms with Gasteiger partial charge in [0.25, 0.3) is 0 Å². The summed E-state index contributed by atoms with van der Waals surface area (Å²) in [4.78, 5) is 21.6. The third-order valence-electron chi connectivity index (χ3n) is 0. The Morgan fingerprint density at radius 1 is 1.25 bits per heavy atom. The van der Waals surface area contributed by atoms with Gasteiger partial charge in [-0.2, -0.15) is 0 Å². The van der Waals surface area contributed by atoms with Gasteiger partial charge in [-0.1, -0.05) is 0 Å². The first-order valence-corrected chi connectivity index (χ1v) is 4.80. The second-order valence-electron chi connectivity index (χ2n) is 0.749. The Kier molecular flexibility index (Phi) is 8.94. The summed E-state index contributed by atoms with van der Waals surface area (Å²) in [6.07, 6.45) is 0. The van der Waals surface area contributed by atoms with Crippen LogP contribution in [-0.4, -0.2) is 20.6 Å². The molecule has 0 radical (unpaired) electrons. The van der Waals surface area contributed by atoms with Crippen molar-refractivity contribution in [2.75, 3.05) is 5.90 Å². The summed E-state index contributed by atoms with van der Waals surface area (Å²) in [5.74, 6) is 1.08. The van der Waals surface area contributed by atoms with E-state index in [1.54, 1.807) is 0 Å². The molecule has 0 aliphatic carbocycles. The van der Waals surface area contributed by atoms with Gasteiger partial charge in [0.2, 0.25) is 0 Å². The molecule has 4 nitrogen and oxygen atoms in total. The van der Waals surface area contributed by atoms with E-state index in [0.717, 1.165) is 5.90 Å². The highest BCUT2D eigenvalue weighted by Gasteiger charge is 2.00. The van der Waals surface area contributed by atoms with Crippen LogP contribution in [0.4, 0.5) is 0 Å². The zero-order chi connectivity index (χ0) is 7.21. The first-order chi connectivity index (χ1) is 3.41. The fourth-order valence-electron chi connectivity index (χ4n) is 0.